The zero-order valence-electron chi connectivity index (χ0n) is 10.0. The maximum Gasteiger partial charge on any atom is 0.244 e. The molecular formula is C12H11BrClNO2S2. The molecule has 0 saturated carbocycles. The summed E-state index contributed by atoms with van der Waals surface area (Å²) < 4.78 is 26.9. The van der Waals surface area contributed by atoms with Crippen LogP contribution in [0.5, 0.6) is 0 Å². The average Bonchev–Trinajstić information content (AvgIpc) is 2.81. The lowest BCUT2D eigenvalue weighted by Gasteiger charge is -2.17. The van der Waals surface area contributed by atoms with Gasteiger partial charge in [-0.05, 0) is 40.6 Å². The van der Waals surface area contributed by atoms with Crippen molar-refractivity contribution >= 4 is 48.9 Å². The Kier molecular flexibility index (Phi) is 4.68. The van der Waals surface area contributed by atoms with Crippen molar-refractivity contribution in [1.29, 1.82) is 0 Å². The monoisotopic (exact) mass is 379 g/mol. The van der Waals surface area contributed by atoms with E-state index in [1.165, 1.54) is 21.7 Å². The number of hydrogen-bond acceptors (Lipinski definition) is 3. The van der Waals surface area contributed by atoms with Crippen LogP contribution in [0.2, 0.25) is 5.02 Å². The quantitative estimate of drug-likeness (QED) is 0.804. The van der Waals surface area contributed by atoms with Gasteiger partial charge in [0.25, 0.3) is 0 Å². The molecule has 0 bridgehead atoms. The molecule has 2 rings (SSSR count). The smallest absolute Gasteiger partial charge is 0.207 e. The molecule has 2 aromatic rings. The summed E-state index contributed by atoms with van der Waals surface area (Å²) in [6.07, 6.45) is 0. The van der Waals surface area contributed by atoms with Gasteiger partial charge < -0.3 is 0 Å². The van der Waals surface area contributed by atoms with E-state index in [1.807, 2.05) is 16.8 Å². The molecule has 102 valence electrons. The highest BCUT2D eigenvalue weighted by atomic mass is 79.9. The summed E-state index contributed by atoms with van der Waals surface area (Å²) in [6.45, 7) is 0.332. The van der Waals surface area contributed by atoms with Crippen LogP contribution in [0.4, 0.5) is 0 Å². The van der Waals surface area contributed by atoms with Crippen LogP contribution in [-0.4, -0.2) is 19.8 Å². The molecule has 0 radical (unpaired) electrons. The highest BCUT2D eigenvalue weighted by Gasteiger charge is 2.23. The predicted octanol–water partition coefficient (Wildman–Crippen LogP) is 3.98. The summed E-state index contributed by atoms with van der Waals surface area (Å²) in [5, 5.41) is 4.06. The minimum atomic E-state index is -3.58. The van der Waals surface area contributed by atoms with E-state index in [0.717, 1.165) is 10.0 Å². The van der Waals surface area contributed by atoms with E-state index in [1.54, 1.807) is 19.2 Å². The van der Waals surface area contributed by atoms with Gasteiger partial charge >= 0.3 is 0 Å². The molecule has 0 spiro atoms. The minimum absolute atomic E-state index is 0.120. The Bertz CT molecular complexity index is 671. The standard InChI is InChI=1S/C12H11BrClNO2S2/c1-15(7-9-4-5-18-8-9)19(16,17)12-3-2-10(13)6-11(12)14/h2-6,8H,7H2,1H3. The molecule has 0 aliphatic rings. The molecule has 0 aliphatic heterocycles. The van der Waals surface area contributed by atoms with Crippen LogP contribution >= 0.6 is 38.9 Å². The van der Waals surface area contributed by atoms with Gasteiger partial charge in [-0.2, -0.15) is 15.6 Å². The zero-order valence-corrected chi connectivity index (χ0v) is 14.0. The molecule has 0 fully saturated rings. The third kappa shape index (κ3) is 3.38. The molecular weight excluding hydrogens is 370 g/mol. The molecule has 0 aliphatic carbocycles. The van der Waals surface area contributed by atoms with Crippen LogP contribution in [0.15, 0.2) is 44.4 Å². The highest BCUT2D eigenvalue weighted by molar-refractivity contribution is 9.10. The number of sulfonamides is 1. The topological polar surface area (TPSA) is 37.4 Å². The van der Waals surface area contributed by atoms with Gasteiger partial charge in [-0.15, -0.1) is 0 Å². The number of thiophene rings is 1. The van der Waals surface area contributed by atoms with Crippen LogP contribution < -0.4 is 0 Å². The Balaban J connectivity index is 2.31. The molecule has 19 heavy (non-hydrogen) atoms. The van der Waals surface area contributed by atoms with Crippen molar-refractivity contribution in [2.45, 2.75) is 11.4 Å². The van der Waals surface area contributed by atoms with Crippen LogP contribution in [0, 0.1) is 0 Å². The van der Waals surface area contributed by atoms with Crippen molar-refractivity contribution in [2.75, 3.05) is 7.05 Å². The Morgan fingerprint density at radius 3 is 2.68 bits per heavy atom. The largest absolute Gasteiger partial charge is 0.244 e. The third-order valence-electron chi connectivity index (χ3n) is 2.57. The molecule has 0 amide bonds. The molecule has 1 aromatic carbocycles. The number of benzene rings is 1. The Morgan fingerprint density at radius 2 is 2.11 bits per heavy atom. The summed E-state index contributed by atoms with van der Waals surface area (Å²) in [7, 11) is -2.03. The minimum Gasteiger partial charge on any atom is -0.207 e. The van der Waals surface area contributed by atoms with Gasteiger partial charge in [0, 0.05) is 18.1 Å². The van der Waals surface area contributed by atoms with Gasteiger partial charge in [0.1, 0.15) is 4.90 Å². The molecule has 0 atom stereocenters. The Hall–Kier alpha value is -0.400. The van der Waals surface area contributed by atoms with Gasteiger partial charge in [0.15, 0.2) is 0 Å². The van der Waals surface area contributed by atoms with Crippen molar-refractivity contribution in [3.63, 3.8) is 0 Å². The molecule has 1 aromatic heterocycles. The summed E-state index contributed by atoms with van der Waals surface area (Å²) in [6, 6.07) is 6.65. The van der Waals surface area contributed by atoms with Crippen molar-refractivity contribution in [1.82, 2.24) is 4.31 Å². The fourth-order valence-corrected chi connectivity index (χ4v) is 4.40. The molecule has 0 saturated heterocycles. The van der Waals surface area contributed by atoms with E-state index >= 15 is 0 Å². The van der Waals surface area contributed by atoms with Crippen LogP contribution in [0.25, 0.3) is 0 Å². The van der Waals surface area contributed by atoms with Crippen molar-refractivity contribution in [3.8, 4) is 0 Å². The molecule has 1 heterocycles. The lowest BCUT2D eigenvalue weighted by molar-refractivity contribution is 0.467. The average molecular weight is 381 g/mol. The first-order valence-electron chi connectivity index (χ1n) is 5.34. The Labute approximate surface area is 130 Å². The van der Waals surface area contributed by atoms with Gasteiger partial charge in [0.05, 0.1) is 5.02 Å². The van der Waals surface area contributed by atoms with Crippen molar-refractivity contribution < 1.29 is 8.42 Å². The molecule has 3 nitrogen and oxygen atoms in total. The fourth-order valence-electron chi connectivity index (χ4n) is 1.58. The van der Waals surface area contributed by atoms with Crippen LogP contribution in [-0.2, 0) is 16.6 Å². The SMILES string of the molecule is CN(Cc1ccsc1)S(=O)(=O)c1ccc(Br)cc1Cl. The van der Waals surface area contributed by atoms with Gasteiger partial charge in [-0.3, -0.25) is 0 Å². The van der Waals surface area contributed by atoms with Gasteiger partial charge in [0.2, 0.25) is 10.0 Å². The number of nitrogens with zero attached hydrogens (tertiary/aromatic N) is 1. The van der Waals surface area contributed by atoms with E-state index in [4.69, 9.17) is 11.6 Å². The predicted molar refractivity (Wildman–Crippen MR) is 82.1 cm³/mol. The van der Waals surface area contributed by atoms with Crippen molar-refractivity contribution in [2.24, 2.45) is 0 Å². The lowest BCUT2D eigenvalue weighted by Crippen LogP contribution is -2.26. The van der Waals surface area contributed by atoms with Crippen LogP contribution in [0.3, 0.4) is 0 Å². The van der Waals surface area contributed by atoms with Crippen LogP contribution in [0.1, 0.15) is 5.56 Å². The second-order valence-electron chi connectivity index (χ2n) is 3.97. The van der Waals surface area contributed by atoms with Gasteiger partial charge in [-0.1, -0.05) is 27.5 Å². The second-order valence-corrected chi connectivity index (χ2v) is 8.08. The molecule has 0 N–H and O–H groups in total. The summed E-state index contributed by atoms with van der Waals surface area (Å²) in [4.78, 5) is 0.120. The lowest BCUT2D eigenvalue weighted by atomic mass is 10.3. The summed E-state index contributed by atoms with van der Waals surface area (Å²) >= 11 is 10.8. The first-order chi connectivity index (χ1) is 8.91. The number of hydrogen-bond donors (Lipinski definition) is 0. The van der Waals surface area contributed by atoms with E-state index < -0.39 is 10.0 Å². The van der Waals surface area contributed by atoms with Crippen molar-refractivity contribution in [3.05, 3.63) is 50.1 Å². The maximum absolute atomic E-state index is 12.4. The zero-order chi connectivity index (χ0) is 14.0. The van der Waals surface area contributed by atoms with E-state index in [0.29, 0.717) is 6.54 Å². The highest BCUT2D eigenvalue weighted by Crippen LogP contribution is 2.28. The molecule has 0 unspecified atom stereocenters. The molecule has 7 heteroatoms. The summed E-state index contributed by atoms with van der Waals surface area (Å²) in [5.74, 6) is 0. The first kappa shape index (κ1) is 15.0. The second kappa shape index (κ2) is 5.93. The normalized spacial score (nSPS) is 12.0. The Morgan fingerprint density at radius 1 is 1.37 bits per heavy atom. The van der Waals surface area contributed by atoms with E-state index in [-0.39, 0.29) is 9.92 Å². The number of rotatable bonds is 4. The maximum atomic E-state index is 12.4. The third-order valence-corrected chi connectivity index (χ3v) is 6.08. The first-order valence-corrected chi connectivity index (χ1v) is 8.89. The van der Waals surface area contributed by atoms with E-state index in [2.05, 4.69) is 15.9 Å². The number of halogens is 2. The van der Waals surface area contributed by atoms with E-state index in [9.17, 15) is 8.42 Å². The summed E-state index contributed by atoms with van der Waals surface area (Å²) in [5.41, 5.74) is 0.962. The fraction of sp³-hybridized carbons (Fsp3) is 0.167. The van der Waals surface area contributed by atoms with Gasteiger partial charge in [-0.25, -0.2) is 8.42 Å².